The third-order valence-corrected chi connectivity index (χ3v) is 3.48. The second kappa shape index (κ2) is 3.97. The Morgan fingerprint density at radius 1 is 1.12 bits per heavy atom. The van der Waals surface area contributed by atoms with E-state index < -0.39 is 0 Å². The van der Waals surface area contributed by atoms with Crippen LogP contribution in [0.4, 0.5) is 0 Å². The Morgan fingerprint density at radius 3 is 2.38 bits per heavy atom. The van der Waals surface area contributed by atoms with Crippen LogP contribution in [0.15, 0.2) is 30.8 Å². The van der Waals surface area contributed by atoms with Crippen molar-refractivity contribution >= 4 is 5.57 Å². The van der Waals surface area contributed by atoms with Gasteiger partial charge in [0.1, 0.15) is 5.75 Å². The van der Waals surface area contributed by atoms with Crippen molar-refractivity contribution in [2.75, 3.05) is 6.61 Å². The van der Waals surface area contributed by atoms with Gasteiger partial charge < -0.3 is 4.74 Å². The van der Waals surface area contributed by atoms with E-state index in [4.69, 9.17) is 4.74 Å². The number of benzene rings is 1. The Labute approximate surface area is 97.1 Å². The predicted molar refractivity (Wildman–Crippen MR) is 66.4 cm³/mol. The fraction of sp³-hybridized carbons (Fsp3) is 0.467. The maximum atomic E-state index is 5.71. The highest BCUT2D eigenvalue weighted by Crippen LogP contribution is 2.41. The van der Waals surface area contributed by atoms with Crippen molar-refractivity contribution in [1.82, 2.24) is 0 Å². The van der Waals surface area contributed by atoms with Gasteiger partial charge in [0, 0.05) is 0 Å². The van der Waals surface area contributed by atoms with Gasteiger partial charge in [-0.1, -0.05) is 18.7 Å². The van der Waals surface area contributed by atoms with Gasteiger partial charge in [-0.25, -0.2) is 0 Å². The largest absolute Gasteiger partial charge is 0.493 e. The van der Waals surface area contributed by atoms with Crippen molar-refractivity contribution in [3.05, 3.63) is 36.4 Å². The molecule has 2 aliphatic carbocycles. The van der Waals surface area contributed by atoms with Crippen molar-refractivity contribution in [3.8, 4) is 5.75 Å². The summed E-state index contributed by atoms with van der Waals surface area (Å²) in [6, 6.07) is 8.43. The molecule has 1 aromatic carbocycles. The van der Waals surface area contributed by atoms with Crippen LogP contribution in [0, 0.1) is 11.8 Å². The lowest BCUT2D eigenvalue weighted by molar-refractivity contribution is 0.300. The van der Waals surface area contributed by atoms with E-state index in [9.17, 15) is 0 Å². The van der Waals surface area contributed by atoms with E-state index in [0.717, 1.165) is 24.2 Å². The molecule has 0 atom stereocenters. The fourth-order valence-corrected chi connectivity index (χ4v) is 1.93. The summed E-state index contributed by atoms with van der Waals surface area (Å²) in [6.07, 6.45) is 5.32. The van der Waals surface area contributed by atoms with Crippen LogP contribution in [0.1, 0.15) is 31.2 Å². The molecule has 1 heteroatoms. The highest BCUT2D eigenvalue weighted by atomic mass is 16.5. The zero-order valence-electron chi connectivity index (χ0n) is 9.61. The minimum atomic E-state index is 0.748. The van der Waals surface area contributed by atoms with Crippen LogP contribution in [0.3, 0.4) is 0 Å². The van der Waals surface area contributed by atoms with E-state index in [2.05, 4.69) is 30.8 Å². The lowest BCUT2D eigenvalue weighted by Gasteiger charge is -2.07. The minimum absolute atomic E-state index is 0.748. The molecule has 1 nitrogen and oxygen atoms in total. The van der Waals surface area contributed by atoms with E-state index in [1.807, 2.05) is 0 Å². The maximum absolute atomic E-state index is 5.71. The molecule has 84 valence electrons. The Bertz CT molecular complexity index is 382. The third kappa shape index (κ3) is 2.29. The van der Waals surface area contributed by atoms with Gasteiger partial charge in [-0.05, 0) is 60.8 Å². The summed E-state index contributed by atoms with van der Waals surface area (Å²) in [5, 5.41) is 0. The quantitative estimate of drug-likeness (QED) is 0.722. The predicted octanol–water partition coefficient (Wildman–Crippen LogP) is 3.90. The second-order valence-electron chi connectivity index (χ2n) is 5.08. The first-order chi connectivity index (χ1) is 7.83. The molecule has 0 saturated heterocycles. The van der Waals surface area contributed by atoms with Crippen LogP contribution >= 0.6 is 0 Å². The van der Waals surface area contributed by atoms with E-state index >= 15 is 0 Å². The monoisotopic (exact) mass is 214 g/mol. The molecule has 0 aliphatic heterocycles. The zero-order valence-corrected chi connectivity index (χ0v) is 9.61. The van der Waals surface area contributed by atoms with Crippen LogP contribution in [0.2, 0.25) is 0 Å². The molecule has 0 heterocycles. The van der Waals surface area contributed by atoms with E-state index in [0.29, 0.717) is 0 Å². The molecule has 2 fully saturated rings. The Kier molecular flexibility index (Phi) is 2.47. The lowest BCUT2D eigenvalue weighted by atomic mass is 10.0. The zero-order chi connectivity index (χ0) is 11.0. The number of hydrogen-bond acceptors (Lipinski definition) is 1. The van der Waals surface area contributed by atoms with Gasteiger partial charge in [-0.2, -0.15) is 0 Å². The van der Waals surface area contributed by atoms with Crippen molar-refractivity contribution in [1.29, 1.82) is 0 Å². The molecule has 0 amide bonds. The summed E-state index contributed by atoms with van der Waals surface area (Å²) >= 11 is 0. The fourth-order valence-electron chi connectivity index (χ4n) is 1.93. The number of ether oxygens (including phenoxy) is 1. The summed E-state index contributed by atoms with van der Waals surface area (Å²) in [7, 11) is 0. The molecule has 0 radical (unpaired) electrons. The molecule has 2 aliphatic rings. The summed E-state index contributed by atoms with van der Waals surface area (Å²) in [5.41, 5.74) is 2.58. The van der Waals surface area contributed by atoms with Gasteiger partial charge in [-0.15, -0.1) is 0 Å². The van der Waals surface area contributed by atoms with Crippen LogP contribution in [-0.2, 0) is 0 Å². The first-order valence-electron chi connectivity index (χ1n) is 6.25. The molecule has 1 aromatic rings. The summed E-state index contributed by atoms with van der Waals surface area (Å²) in [5.74, 6) is 2.57. The molecule has 0 unspecified atom stereocenters. The van der Waals surface area contributed by atoms with Crippen molar-refractivity contribution in [2.24, 2.45) is 11.8 Å². The normalized spacial score (nSPS) is 19.5. The van der Waals surface area contributed by atoms with Gasteiger partial charge in [0.25, 0.3) is 0 Å². The standard InChI is InChI=1S/C15H18O/c1-11(13-4-5-13)14-6-8-15(9-7-14)16-10-12-2-3-12/h6-9,12-13H,1-5,10H2. The summed E-state index contributed by atoms with van der Waals surface area (Å²) in [4.78, 5) is 0. The van der Waals surface area contributed by atoms with Crippen LogP contribution in [0.5, 0.6) is 5.75 Å². The Balaban J connectivity index is 1.61. The SMILES string of the molecule is C=C(c1ccc(OCC2CC2)cc1)C1CC1. The average molecular weight is 214 g/mol. The topological polar surface area (TPSA) is 9.23 Å². The van der Waals surface area contributed by atoms with E-state index in [1.165, 1.54) is 36.8 Å². The van der Waals surface area contributed by atoms with E-state index in [1.54, 1.807) is 0 Å². The minimum Gasteiger partial charge on any atom is -0.493 e. The Hall–Kier alpha value is -1.24. The van der Waals surface area contributed by atoms with Crippen molar-refractivity contribution in [3.63, 3.8) is 0 Å². The molecular weight excluding hydrogens is 196 g/mol. The van der Waals surface area contributed by atoms with Gasteiger partial charge in [0.05, 0.1) is 6.61 Å². The van der Waals surface area contributed by atoms with Gasteiger partial charge in [-0.3, -0.25) is 0 Å². The molecule has 0 N–H and O–H groups in total. The third-order valence-electron chi connectivity index (χ3n) is 3.48. The maximum Gasteiger partial charge on any atom is 0.119 e. The van der Waals surface area contributed by atoms with Crippen LogP contribution in [0.25, 0.3) is 5.57 Å². The number of allylic oxidation sites excluding steroid dienone is 1. The first kappa shape index (κ1) is 9.95. The van der Waals surface area contributed by atoms with E-state index in [-0.39, 0.29) is 0 Å². The lowest BCUT2D eigenvalue weighted by Crippen LogP contribution is -1.98. The Morgan fingerprint density at radius 2 is 1.81 bits per heavy atom. The van der Waals surface area contributed by atoms with Crippen molar-refractivity contribution in [2.45, 2.75) is 25.7 Å². The molecule has 0 aromatic heterocycles. The molecule has 0 bridgehead atoms. The average Bonchev–Trinajstić information content (AvgIpc) is 3.19. The molecular formula is C15H18O. The van der Waals surface area contributed by atoms with Gasteiger partial charge >= 0.3 is 0 Å². The number of rotatable bonds is 5. The van der Waals surface area contributed by atoms with Crippen molar-refractivity contribution < 1.29 is 4.74 Å². The molecule has 16 heavy (non-hydrogen) atoms. The molecule has 0 spiro atoms. The summed E-state index contributed by atoms with van der Waals surface area (Å²) < 4.78 is 5.71. The van der Waals surface area contributed by atoms with Crippen LogP contribution < -0.4 is 4.74 Å². The first-order valence-corrected chi connectivity index (χ1v) is 6.25. The number of hydrogen-bond donors (Lipinski definition) is 0. The molecule has 3 rings (SSSR count). The van der Waals surface area contributed by atoms with Gasteiger partial charge in [0.2, 0.25) is 0 Å². The highest BCUT2D eigenvalue weighted by Gasteiger charge is 2.25. The van der Waals surface area contributed by atoms with Crippen LogP contribution in [-0.4, -0.2) is 6.61 Å². The second-order valence-corrected chi connectivity index (χ2v) is 5.08. The summed E-state index contributed by atoms with van der Waals surface area (Å²) in [6.45, 7) is 5.05. The highest BCUT2D eigenvalue weighted by molar-refractivity contribution is 5.67. The molecule has 2 saturated carbocycles. The van der Waals surface area contributed by atoms with Gasteiger partial charge in [0.15, 0.2) is 0 Å². The smallest absolute Gasteiger partial charge is 0.119 e.